The minimum Gasteiger partial charge on any atom is -0.494 e. The molecule has 2 rings (SSSR count). The minimum atomic E-state index is -0.236. The van der Waals surface area contributed by atoms with Crippen molar-refractivity contribution in [2.45, 2.75) is 13.3 Å². The zero-order valence-corrected chi connectivity index (χ0v) is 12.0. The quantitative estimate of drug-likeness (QED) is 0.655. The van der Waals surface area contributed by atoms with Gasteiger partial charge in [0, 0.05) is 10.4 Å². The fourth-order valence-electron chi connectivity index (χ4n) is 1.51. The van der Waals surface area contributed by atoms with Gasteiger partial charge >= 0.3 is 0 Å². The zero-order valence-electron chi connectivity index (χ0n) is 11.2. The molecule has 2 aromatic rings. The summed E-state index contributed by atoms with van der Waals surface area (Å²) in [6.07, 6.45) is 2.58. The van der Waals surface area contributed by atoms with Gasteiger partial charge in [-0.25, -0.2) is 5.43 Å². The number of nitrogens with zero attached hydrogens (tertiary/aromatic N) is 1. The summed E-state index contributed by atoms with van der Waals surface area (Å²) in [6.45, 7) is 2.73. The monoisotopic (exact) mass is 288 g/mol. The third kappa shape index (κ3) is 4.20. The molecule has 0 aliphatic carbocycles. The van der Waals surface area contributed by atoms with Crippen molar-refractivity contribution in [3.8, 4) is 5.75 Å². The summed E-state index contributed by atoms with van der Waals surface area (Å²) < 4.78 is 5.46. The molecule has 4 nitrogen and oxygen atoms in total. The number of carbonyl (C=O) groups is 1. The number of carbonyl (C=O) groups excluding carboxylic acids is 1. The standard InChI is InChI=1S/C15H16N2O2S/c1-2-9-19-13-7-5-12(6-8-13)15(18)17-16-11-14-4-3-10-20-14/h3-8,10-11H,2,9H2,1H3,(H,17,18)/b16-11-. The molecule has 1 amide bonds. The van der Waals surface area contributed by atoms with Gasteiger partial charge in [-0.3, -0.25) is 4.79 Å². The molecule has 0 spiro atoms. The highest BCUT2D eigenvalue weighted by atomic mass is 32.1. The van der Waals surface area contributed by atoms with E-state index in [-0.39, 0.29) is 5.91 Å². The van der Waals surface area contributed by atoms with E-state index in [4.69, 9.17) is 4.74 Å². The molecule has 0 aliphatic heterocycles. The molecule has 1 aromatic carbocycles. The van der Waals surface area contributed by atoms with Gasteiger partial charge < -0.3 is 4.74 Å². The van der Waals surface area contributed by atoms with Gasteiger partial charge in [-0.2, -0.15) is 5.10 Å². The second kappa shape index (κ2) is 7.45. The summed E-state index contributed by atoms with van der Waals surface area (Å²) in [7, 11) is 0. The van der Waals surface area contributed by atoms with Crippen LogP contribution in [0.4, 0.5) is 0 Å². The average molecular weight is 288 g/mol. The van der Waals surface area contributed by atoms with E-state index in [1.807, 2.05) is 24.4 Å². The molecule has 0 fully saturated rings. The number of thiophene rings is 1. The number of hydrogen-bond donors (Lipinski definition) is 1. The molecule has 1 heterocycles. The molecule has 104 valence electrons. The predicted octanol–water partition coefficient (Wildman–Crippen LogP) is 3.30. The Balaban J connectivity index is 1.89. The van der Waals surface area contributed by atoms with E-state index >= 15 is 0 Å². The second-order valence-corrected chi connectivity index (χ2v) is 5.07. The number of ether oxygens (including phenoxy) is 1. The molecule has 0 saturated carbocycles. The maximum absolute atomic E-state index is 11.8. The van der Waals surface area contributed by atoms with Gasteiger partial charge in [0.15, 0.2) is 0 Å². The third-order valence-corrected chi connectivity index (χ3v) is 3.30. The Labute approximate surface area is 122 Å². The highest BCUT2D eigenvalue weighted by Crippen LogP contribution is 2.12. The first-order chi connectivity index (χ1) is 9.79. The first-order valence-electron chi connectivity index (χ1n) is 6.39. The van der Waals surface area contributed by atoms with Gasteiger partial charge in [0.25, 0.3) is 5.91 Å². The zero-order chi connectivity index (χ0) is 14.2. The Morgan fingerprint density at radius 3 is 2.80 bits per heavy atom. The van der Waals surface area contributed by atoms with Gasteiger partial charge in [0.05, 0.1) is 12.8 Å². The summed E-state index contributed by atoms with van der Waals surface area (Å²) >= 11 is 1.56. The number of rotatable bonds is 6. The van der Waals surface area contributed by atoms with Gasteiger partial charge in [0.2, 0.25) is 0 Å². The number of amides is 1. The van der Waals surface area contributed by atoms with E-state index in [2.05, 4.69) is 10.5 Å². The Morgan fingerprint density at radius 1 is 1.35 bits per heavy atom. The third-order valence-electron chi connectivity index (χ3n) is 2.49. The summed E-state index contributed by atoms with van der Waals surface area (Å²) in [5.74, 6) is 0.533. The normalized spacial score (nSPS) is 10.7. The van der Waals surface area contributed by atoms with Crippen molar-refractivity contribution in [3.63, 3.8) is 0 Å². The van der Waals surface area contributed by atoms with Crippen LogP contribution in [-0.2, 0) is 0 Å². The highest BCUT2D eigenvalue weighted by Gasteiger charge is 2.04. The Kier molecular flexibility index (Phi) is 5.32. The lowest BCUT2D eigenvalue weighted by atomic mass is 10.2. The molecule has 0 aliphatic rings. The van der Waals surface area contributed by atoms with Crippen molar-refractivity contribution in [1.29, 1.82) is 0 Å². The van der Waals surface area contributed by atoms with E-state index < -0.39 is 0 Å². The van der Waals surface area contributed by atoms with Crippen LogP contribution >= 0.6 is 11.3 Å². The van der Waals surface area contributed by atoms with Crippen LogP contribution in [0.3, 0.4) is 0 Å². The van der Waals surface area contributed by atoms with E-state index in [0.717, 1.165) is 17.0 Å². The largest absolute Gasteiger partial charge is 0.494 e. The van der Waals surface area contributed by atoms with Crippen LogP contribution < -0.4 is 10.2 Å². The molecular formula is C15H16N2O2S. The lowest BCUT2D eigenvalue weighted by molar-refractivity contribution is 0.0955. The van der Waals surface area contributed by atoms with Crippen LogP contribution in [-0.4, -0.2) is 18.7 Å². The van der Waals surface area contributed by atoms with Crippen molar-refractivity contribution in [1.82, 2.24) is 5.43 Å². The van der Waals surface area contributed by atoms with E-state index in [0.29, 0.717) is 12.2 Å². The van der Waals surface area contributed by atoms with Crippen LogP contribution in [0.1, 0.15) is 28.6 Å². The lowest BCUT2D eigenvalue weighted by Crippen LogP contribution is -2.17. The van der Waals surface area contributed by atoms with Crippen LogP contribution in [0.2, 0.25) is 0 Å². The topological polar surface area (TPSA) is 50.7 Å². The Hall–Kier alpha value is -2.14. The molecule has 0 atom stereocenters. The van der Waals surface area contributed by atoms with Crippen LogP contribution in [0.5, 0.6) is 5.75 Å². The molecule has 20 heavy (non-hydrogen) atoms. The summed E-state index contributed by atoms with van der Waals surface area (Å²) in [6, 6.07) is 10.9. The molecule has 1 aromatic heterocycles. The van der Waals surface area contributed by atoms with Crippen molar-refractivity contribution < 1.29 is 9.53 Å². The Bertz CT molecular complexity index is 562. The summed E-state index contributed by atoms with van der Waals surface area (Å²) in [5.41, 5.74) is 3.05. The molecule has 5 heteroatoms. The van der Waals surface area contributed by atoms with Crippen molar-refractivity contribution in [3.05, 3.63) is 52.2 Å². The fourth-order valence-corrected chi connectivity index (χ4v) is 2.09. The van der Waals surface area contributed by atoms with Crippen LogP contribution in [0.15, 0.2) is 46.9 Å². The van der Waals surface area contributed by atoms with Crippen molar-refractivity contribution >= 4 is 23.5 Å². The molecular weight excluding hydrogens is 272 g/mol. The van der Waals surface area contributed by atoms with Gasteiger partial charge in [-0.05, 0) is 42.1 Å². The number of hydrogen-bond acceptors (Lipinski definition) is 4. The number of hydrazone groups is 1. The molecule has 0 radical (unpaired) electrons. The summed E-state index contributed by atoms with van der Waals surface area (Å²) in [5, 5.41) is 5.87. The fraction of sp³-hybridized carbons (Fsp3) is 0.200. The molecule has 1 N–H and O–H groups in total. The Morgan fingerprint density at radius 2 is 2.15 bits per heavy atom. The lowest BCUT2D eigenvalue weighted by Gasteiger charge is -2.05. The average Bonchev–Trinajstić information content (AvgIpc) is 2.99. The van der Waals surface area contributed by atoms with Crippen LogP contribution in [0, 0.1) is 0 Å². The first kappa shape index (κ1) is 14.3. The number of benzene rings is 1. The maximum atomic E-state index is 11.8. The van der Waals surface area contributed by atoms with Gasteiger partial charge in [-0.1, -0.05) is 13.0 Å². The molecule has 0 unspecified atom stereocenters. The van der Waals surface area contributed by atoms with E-state index in [1.165, 1.54) is 0 Å². The van der Waals surface area contributed by atoms with E-state index in [1.54, 1.807) is 41.8 Å². The van der Waals surface area contributed by atoms with Crippen LogP contribution in [0.25, 0.3) is 0 Å². The van der Waals surface area contributed by atoms with Crippen molar-refractivity contribution in [2.75, 3.05) is 6.61 Å². The van der Waals surface area contributed by atoms with Crippen molar-refractivity contribution in [2.24, 2.45) is 5.10 Å². The van der Waals surface area contributed by atoms with Gasteiger partial charge in [-0.15, -0.1) is 11.3 Å². The van der Waals surface area contributed by atoms with E-state index in [9.17, 15) is 4.79 Å². The SMILES string of the molecule is CCCOc1ccc(C(=O)N/N=C\c2cccs2)cc1. The maximum Gasteiger partial charge on any atom is 0.271 e. The number of nitrogens with one attached hydrogen (secondary N) is 1. The second-order valence-electron chi connectivity index (χ2n) is 4.09. The first-order valence-corrected chi connectivity index (χ1v) is 7.27. The molecule has 0 saturated heterocycles. The minimum absolute atomic E-state index is 0.236. The smallest absolute Gasteiger partial charge is 0.271 e. The van der Waals surface area contributed by atoms with Gasteiger partial charge in [0.1, 0.15) is 5.75 Å². The summed E-state index contributed by atoms with van der Waals surface area (Å²) in [4.78, 5) is 12.8. The highest BCUT2D eigenvalue weighted by molar-refractivity contribution is 7.11. The molecule has 0 bridgehead atoms. The predicted molar refractivity (Wildman–Crippen MR) is 81.6 cm³/mol.